The van der Waals surface area contributed by atoms with Crippen molar-refractivity contribution in [3.63, 3.8) is 0 Å². The molecule has 4 heteroatoms. The highest BCUT2D eigenvalue weighted by Gasteiger charge is 2.14. The summed E-state index contributed by atoms with van der Waals surface area (Å²) in [6, 6.07) is 11.9. The molecule has 23 heavy (non-hydrogen) atoms. The number of nitrogens with one attached hydrogen (secondary N) is 1. The number of aryl methyl sites for hydroxylation is 1. The Hall–Kier alpha value is -2.36. The van der Waals surface area contributed by atoms with E-state index in [1.54, 1.807) is 19.2 Å². The summed E-state index contributed by atoms with van der Waals surface area (Å²) < 4.78 is 18.2. The predicted octanol–water partition coefficient (Wildman–Crippen LogP) is 3.95. The quantitative estimate of drug-likeness (QED) is 0.876. The second-order valence-electron chi connectivity index (χ2n) is 5.56. The molecule has 0 bridgehead atoms. The minimum Gasteiger partial charge on any atom is -0.496 e. The maximum absolute atomic E-state index is 12.9. The van der Waals surface area contributed by atoms with Crippen molar-refractivity contribution in [3.05, 3.63) is 65.0 Å². The molecule has 0 aliphatic heterocycles. The number of rotatable bonds is 6. The number of amides is 1. The van der Waals surface area contributed by atoms with Crippen LogP contribution in [0.5, 0.6) is 5.75 Å². The zero-order valence-corrected chi connectivity index (χ0v) is 13.7. The van der Waals surface area contributed by atoms with Gasteiger partial charge in [-0.1, -0.05) is 31.2 Å². The van der Waals surface area contributed by atoms with Gasteiger partial charge in [0.1, 0.15) is 11.6 Å². The third-order valence-corrected chi connectivity index (χ3v) is 3.84. The van der Waals surface area contributed by atoms with Crippen molar-refractivity contribution in [1.82, 2.24) is 5.32 Å². The second-order valence-corrected chi connectivity index (χ2v) is 5.56. The Balaban J connectivity index is 2.05. The van der Waals surface area contributed by atoms with E-state index in [0.29, 0.717) is 0 Å². The van der Waals surface area contributed by atoms with Gasteiger partial charge >= 0.3 is 0 Å². The molecule has 0 radical (unpaired) electrons. The number of ether oxygens (including phenoxy) is 1. The number of carbonyl (C=O) groups excluding carboxylic acids is 1. The van der Waals surface area contributed by atoms with Gasteiger partial charge in [0, 0.05) is 0 Å². The Morgan fingerprint density at radius 2 is 1.91 bits per heavy atom. The maximum Gasteiger partial charge on any atom is 0.224 e. The van der Waals surface area contributed by atoms with E-state index < -0.39 is 0 Å². The van der Waals surface area contributed by atoms with Crippen LogP contribution in [0.25, 0.3) is 0 Å². The highest BCUT2D eigenvalue weighted by molar-refractivity contribution is 5.79. The van der Waals surface area contributed by atoms with E-state index in [9.17, 15) is 9.18 Å². The summed E-state index contributed by atoms with van der Waals surface area (Å²) in [7, 11) is 1.64. The van der Waals surface area contributed by atoms with E-state index in [2.05, 4.69) is 5.32 Å². The fraction of sp³-hybridized carbons (Fsp3) is 0.316. The molecule has 0 saturated carbocycles. The molecule has 0 aliphatic rings. The molecular weight excluding hydrogens is 293 g/mol. The fourth-order valence-corrected chi connectivity index (χ4v) is 2.57. The molecular formula is C19H22FNO2. The molecule has 0 aromatic heterocycles. The average molecular weight is 315 g/mol. The summed E-state index contributed by atoms with van der Waals surface area (Å²) in [5.74, 6) is 0.465. The summed E-state index contributed by atoms with van der Waals surface area (Å²) >= 11 is 0. The van der Waals surface area contributed by atoms with E-state index in [1.807, 2.05) is 32.0 Å². The van der Waals surface area contributed by atoms with Crippen molar-refractivity contribution in [2.24, 2.45) is 0 Å². The van der Waals surface area contributed by atoms with Crippen LogP contribution in [0.15, 0.2) is 42.5 Å². The lowest BCUT2D eigenvalue weighted by Crippen LogP contribution is -2.29. The van der Waals surface area contributed by atoms with E-state index in [1.165, 1.54) is 12.1 Å². The van der Waals surface area contributed by atoms with E-state index in [-0.39, 0.29) is 24.2 Å². The second kappa shape index (κ2) is 7.77. The van der Waals surface area contributed by atoms with Crippen molar-refractivity contribution in [2.45, 2.75) is 32.7 Å². The van der Waals surface area contributed by atoms with Gasteiger partial charge < -0.3 is 10.1 Å². The summed E-state index contributed by atoms with van der Waals surface area (Å²) in [6.07, 6.45) is 1.03. The van der Waals surface area contributed by atoms with Crippen LogP contribution in [0.3, 0.4) is 0 Å². The zero-order valence-electron chi connectivity index (χ0n) is 13.7. The molecule has 0 aliphatic carbocycles. The van der Waals surface area contributed by atoms with Gasteiger partial charge in [0.25, 0.3) is 0 Å². The fourth-order valence-electron chi connectivity index (χ4n) is 2.57. The van der Waals surface area contributed by atoms with Gasteiger partial charge in [-0.3, -0.25) is 4.79 Å². The van der Waals surface area contributed by atoms with Crippen LogP contribution < -0.4 is 10.1 Å². The molecule has 1 unspecified atom stereocenters. The third-order valence-electron chi connectivity index (χ3n) is 3.84. The average Bonchev–Trinajstić information content (AvgIpc) is 2.54. The Morgan fingerprint density at radius 3 is 2.48 bits per heavy atom. The van der Waals surface area contributed by atoms with Crippen LogP contribution in [0.1, 0.15) is 36.1 Å². The molecule has 3 nitrogen and oxygen atoms in total. The highest BCUT2D eigenvalue weighted by Crippen LogP contribution is 2.24. The number of methoxy groups -OCH3 is 1. The largest absolute Gasteiger partial charge is 0.496 e. The van der Waals surface area contributed by atoms with Crippen molar-refractivity contribution in [1.29, 1.82) is 0 Å². The lowest BCUT2D eigenvalue weighted by Gasteiger charge is -2.19. The van der Waals surface area contributed by atoms with Crippen molar-refractivity contribution >= 4 is 5.91 Å². The van der Waals surface area contributed by atoms with Crippen LogP contribution in [0.4, 0.5) is 4.39 Å². The zero-order chi connectivity index (χ0) is 16.8. The molecule has 1 atom stereocenters. The first-order chi connectivity index (χ1) is 11.0. The van der Waals surface area contributed by atoms with Crippen LogP contribution in [-0.4, -0.2) is 13.0 Å². The summed E-state index contributed by atoms with van der Waals surface area (Å²) in [5.41, 5.74) is 2.89. The van der Waals surface area contributed by atoms with Gasteiger partial charge in [-0.15, -0.1) is 0 Å². The highest BCUT2D eigenvalue weighted by atomic mass is 19.1. The molecule has 0 fully saturated rings. The van der Waals surface area contributed by atoms with Gasteiger partial charge in [0.05, 0.1) is 19.6 Å². The maximum atomic E-state index is 12.9. The van der Waals surface area contributed by atoms with E-state index in [0.717, 1.165) is 28.9 Å². The minimum absolute atomic E-state index is 0.0486. The molecule has 0 spiro atoms. The summed E-state index contributed by atoms with van der Waals surface area (Å²) in [6.45, 7) is 4.01. The third kappa shape index (κ3) is 4.55. The van der Waals surface area contributed by atoms with Gasteiger partial charge in [0.15, 0.2) is 0 Å². The smallest absolute Gasteiger partial charge is 0.224 e. The van der Waals surface area contributed by atoms with Gasteiger partial charge in [0.2, 0.25) is 5.91 Å². The number of halogens is 1. The molecule has 1 N–H and O–H groups in total. The Kier molecular flexibility index (Phi) is 5.74. The Labute approximate surface area is 136 Å². The summed E-state index contributed by atoms with van der Waals surface area (Å²) in [4.78, 5) is 12.2. The standard InChI is InChI=1S/C19H22FNO2/c1-4-17(15-7-10-18(23-3)13(2)11-15)21-19(22)12-14-5-8-16(20)9-6-14/h5-11,17H,4,12H2,1-3H3,(H,21,22). The van der Waals surface area contributed by atoms with Crippen molar-refractivity contribution < 1.29 is 13.9 Å². The molecule has 2 aromatic carbocycles. The van der Waals surface area contributed by atoms with Crippen LogP contribution in [0, 0.1) is 12.7 Å². The van der Waals surface area contributed by atoms with Crippen LogP contribution in [0.2, 0.25) is 0 Å². The summed E-state index contributed by atoms with van der Waals surface area (Å²) in [5, 5.41) is 3.04. The topological polar surface area (TPSA) is 38.3 Å². The Bertz CT molecular complexity index is 668. The van der Waals surface area contributed by atoms with Crippen LogP contribution in [-0.2, 0) is 11.2 Å². The molecule has 2 rings (SSSR count). The SMILES string of the molecule is CCC(NC(=O)Cc1ccc(F)cc1)c1ccc(OC)c(C)c1. The first-order valence-electron chi connectivity index (χ1n) is 7.71. The predicted molar refractivity (Wildman–Crippen MR) is 89.0 cm³/mol. The first-order valence-corrected chi connectivity index (χ1v) is 7.71. The lowest BCUT2D eigenvalue weighted by atomic mass is 10.0. The van der Waals surface area contributed by atoms with Gasteiger partial charge in [-0.05, 0) is 48.2 Å². The molecule has 1 amide bonds. The number of hydrogen-bond acceptors (Lipinski definition) is 2. The first kappa shape index (κ1) is 17.0. The Morgan fingerprint density at radius 1 is 1.22 bits per heavy atom. The van der Waals surface area contributed by atoms with E-state index >= 15 is 0 Å². The van der Waals surface area contributed by atoms with E-state index in [4.69, 9.17) is 4.74 Å². The normalized spacial score (nSPS) is 11.8. The minimum atomic E-state index is -0.297. The van der Waals surface area contributed by atoms with Crippen molar-refractivity contribution in [3.8, 4) is 5.75 Å². The van der Waals surface area contributed by atoms with Gasteiger partial charge in [-0.25, -0.2) is 4.39 Å². The van der Waals surface area contributed by atoms with Crippen LogP contribution >= 0.6 is 0 Å². The van der Waals surface area contributed by atoms with Crippen molar-refractivity contribution in [2.75, 3.05) is 7.11 Å². The number of carbonyl (C=O) groups is 1. The molecule has 122 valence electrons. The molecule has 0 heterocycles. The monoisotopic (exact) mass is 315 g/mol. The lowest BCUT2D eigenvalue weighted by molar-refractivity contribution is -0.121. The number of hydrogen-bond donors (Lipinski definition) is 1. The molecule has 0 saturated heterocycles. The molecule has 2 aromatic rings. The number of benzene rings is 2. The van der Waals surface area contributed by atoms with Gasteiger partial charge in [-0.2, -0.15) is 0 Å².